The average molecular weight is 358 g/mol. The zero-order valence-corrected chi connectivity index (χ0v) is 17.1. The van der Waals surface area contributed by atoms with Gasteiger partial charge in [-0.15, -0.1) is 0 Å². The van der Waals surface area contributed by atoms with Crippen molar-refractivity contribution in [1.82, 2.24) is 0 Å². The van der Waals surface area contributed by atoms with Gasteiger partial charge >= 0.3 is 14.0 Å². The molecule has 8 unspecified atom stereocenters. The molecule has 4 bridgehead atoms. The first-order chi connectivity index (χ1) is 12.1. The Hall–Kier alpha value is -0.0301. The molecule has 2 aliphatic heterocycles. The molecule has 26 heavy (non-hydrogen) atoms. The van der Waals surface area contributed by atoms with E-state index in [0.29, 0.717) is 22.7 Å². The minimum atomic E-state index is -0.372. The molecule has 0 radical (unpaired) electrons. The van der Waals surface area contributed by atoms with E-state index in [1.165, 1.54) is 12.8 Å². The van der Waals surface area contributed by atoms with E-state index < -0.39 is 0 Å². The van der Waals surface area contributed by atoms with Gasteiger partial charge in [-0.05, 0) is 74.0 Å². The molecule has 0 aromatic heterocycles. The van der Waals surface area contributed by atoms with Gasteiger partial charge in [-0.2, -0.15) is 0 Å². The Morgan fingerprint density at radius 1 is 0.615 bits per heavy atom. The minimum absolute atomic E-state index is 0.189. The summed E-state index contributed by atoms with van der Waals surface area (Å²) in [6.45, 7) is 14.1. The number of rotatable bonds is 1. The van der Waals surface area contributed by atoms with Gasteiger partial charge in [0.1, 0.15) is 0 Å². The molecule has 2 saturated heterocycles. The molecule has 6 heteroatoms. The number of hydrogen-bond donors (Lipinski definition) is 0. The fourth-order valence-corrected chi connectivity index (χ4v) is 8.03. The van der Waals surface area contributed by atoms with Crippen LogP contribution in [0.4, 0.5) is 0 Å². The van der Waals surface area contributed by atoms with E-state index in [9.17, 15) is 0 Å². The second kappa shape index (κ2) is 4.58. The SMILES string of the molecule is CC1(C)C2CC3OB(B4OC5CC6CC(C6(C)C)C5(C)O4)OC3(C)C1C2. The van der Waals surface area contributed by atoms with Gasteiger partial charge in [0, 0.05) is 0 Å². The van der Waals surface area contributed by atoms with Crippen molar-refractivity contribution in [3.05, 3.63) is 0 Å². The predicted octanol–water partition coefficient (Wildman–Crippen LogP) is 3.52. The monoisotopic (exact) mass is 358 g/mol. The van der Waals surface area contributed by atoms with E-state index in [-0.39, 0.29) is 37.4 Å². The summed E-state index contributed by atoms with van der Waals surface area (Å²) in [5.41, 5.74) is 0.357. The Bertz CT molecular complexity index is 612. The van der Waals surface area contributed by atoms with Crippen LogP contribution in [0, 0.1) is 34.5 Å². The van der Waals surface area contributed by atoms with Crippen molar-refractivity contribution in [2.45, 2.75) is 90.6 Å². The Balaban J connectivity index is 1.24. The molecule has 8 aliphatic rings. The van der Waals surface area contributed by atoms with E-state index in [4.69, 9.17) is 18.6 Å². The third-order valence-corrected chi connectivity index (χ3v) is 10.2. The van der Waals surface area contributed by atoms with Crippen LogP contribution in [0.1, 0.15) is 67.2 Å². The highest BCUT2D eigenvalue weighted by Crippen LogP contribution is 2.67. The van der Waals surface area contributed by atoms with Crippen LogP contribution in [-0.4, -0.2) is 37.4 Å². The first-order valence-electron chi connectivity index (χ1n) is 10.7. The maximum Gasteiger partial charge on any atom is 0.488 e. The van der Waals surface area contributed by atoms with Crippen LogP contribution in [0.2, 0.25) is 0 Å². The summed E-state index contributed by atoms with van der Waals surface area (Å²) in [5, 5.41) is 0. The lowest BCUT2D eigenvalue weighted by Crippen LogP contribution is -2.65. The van der Waals surface area contributed by atoms with Crippen molar-refractivity contribution in [3.8, 4) is 0 Å². The quantitative estimate of drug-likeness (QED) is 0.673. The third-order valence-electron chi connectivity index (χ3n) is 10.2. The van der Waals surface area contributed by atoms with Crippen LogP contribution in [0.3, 0.4) is 0 Å². The first-order valence-corrected chi connectivity index (χ1v) is 10.7. The normalized spacial score (nSPS) is 57.9. The predicted molar refractivity (Wildman–Crippen MR) is 100 cm³/mol. The fourth-order valence-electron chi connectivity index (χ4n) is 8.03. The summed E-state index contributed by atoms with van der Waals surface area (Å²) < 4.78 is 26.1. The van der Waals surface area contributed by atoms with Crippen molar-refractivity contribution in [3.63, 3.8) is 0 Å². The molecular formula is C20H32B2O4. The molecule has 0 N–H and O–H groups in total. The Morgan fingerprint density at radius 3 is 1.35 bits per heavy atom. The highest BCUT2D eigenvalue weighted by Gasteiger charge is 2.73. The zero-order chi connectivity index (χ0) is 18.3. The highest BCUT2D eigenvalue weighted by molar-refractivity contribution is 7.11. The lowest BCUT2D eigenvalue weighted by molar-refractivity contribution is -0.200. The topological polar surface area (TPSA) is 36.9 Å². The van der Waals surface area contributed by atoms with E-state index in [1.807, 2.05) is 0 Å². The molecule has 0 aromatic rings. The molecule has 8 rings (SSSR count). The lowest BCUT2D eigenvalue weighted by Gasteiger charge is -2.64. The maximum absolute atomic E-state index is 6.60. The third kappa shape index (κ3) is 1.71. The summed E-state index contributed by atoms with van der Waals surface area (Å²) in [5.74, 6) is 2.70. The molecule has 6 aliphatic carbocycles. The maximum atomic E-state index is 6.60. The van der Waals surface area contributed by atoms with E-state index in [1.54, 1.807) is 0 Å². The summed E-state index contributed by atoms with van der Waals surface area (Å²) in [4.78, 5) is 0. The second-order valence-electron chi connectivity index (χ2n) is 11.7. The lowest BCUT2D eigenvalue weighted by atomic mass is 9.43. The van der Waals surface area contributed by atoms with Crippen LogP contribution in [0.5, 0.6) is 0 Å². The highest BCUT2D eigenvalue weighted by atomic mass is 16.7. The largest absolute Gasteiger partial charge is 0.488 e. The van der Waals surface area contributed by atoms with Crippen molar-refractivity contribution < 1.29 is 18.6 Å². The summed E-state index contributed by atoms with van der Waals surface area (Å²) in [7, 11) is -0.745. The molecule has 0 amide bonds. The van der Waals surface area contributed by atoms with Gasteiger partial charge in [-0.1, -0.05) is 27.7 Å². The molecule has 8 atom stereocenters. The van der Waals surface area contributed by atoms with Crippen molar-refractivity contribution in [2.24, 2.45) is 34.5 Å². The van der Waals surface area contributed by atoms with Gasteiger partial charge in [-0.3, -0.25) is 0 Å². The molecule has 6 saturated carbocycles. The standard InChI is InChI=1S/C20H32B2O4/c1-17(2)11-7-13(17)19(5)15(9-11)23-21(25-19)22-24-16-10-12-8-14(18(12,3)4)20(16,6)26-22/h11-16H,7-10H2,1-6H3. The Kier molecular flexibility index (Phi) is 2.97. The Morgan fingerprint density at radius 2 is 1.00 bits per heavy atom. The van der Waals surface area contributed by atoms with Crippen LogP contribution >= 0.6 is 0 Å². The zero-order valence-electron chi connectivity index (χ0n) is 17.1. The van der Waals surface area contributed by atoms with Gasteiger partial charge in [-0.25, -0.2) is 0 Å². The summed E-state index contributed by atoms with van der Waals surface area (Å²) >= 11 is 0. The van der Waals surface area contributed by atoms with Gasteiger partial charge in [0.15, 0.2) is 0 Å². The molecule has 2 heterocycles. The smallest absolute Gasteiger partial charge is 0.407 e. The summed E-state index contributed by atoms with van der Waals surface area (Å²) in [6, 6.07) is 0. The van der Waals surface area contributed by atoms with E-state index >= 15 is 0 Å². The van der Waals surface area contributed by atoms with Crippen LogP contribution < -0.4 is 0 Å². The van der Waals surface area contributed by atoms with E-state index in [2.05, 4.69) is 41.5 Å². The first kappa shape index (κ1) is 16.9. The molecule has 8 fully saturated rings. The van der Waals surface area contributed by atoms with E-state index in [0.717, 1.165) is 24.7 Å². The van der Waals surface area contributed by atoms with Gasteiger partial charge in [0.05, 0.1) is 23.4 Å². The van der Waals surface area contributed by atoms with Crippen LogP contribution in [0.25, 0.3) is 0 Å². The summed E-state index contributed by atoms with van der Waals surface area (Å²) in [6.07, 6.45) is 5.17. The van der Waals surface area contributed by atoms with Gasteiger partial charge in [0.25, 0.3) is 0 Å². The van der Waals surface area contributed by atoms with Crippen LogP contribution in [0.15, 0.2) is 0 Å². The second-order valence-corrected chi connectivity index (χ2v) is 11.7. The van der Waals surface area contributed by atoms with Crippen molar-refractivity contribution in [2.75, 3.05) is 0 Å². The molecular weight excluding hydrogens is 326 g/mol. The minimum Gasteiger partial charge on any atom is -0.407 e. The van der Waals surface area contributed by atoms with Gasteiger partial charge < -0.3 is 18.6 Å². The molecule has 4 nitrogen and oxygen atoms in total. The van der Waals surface area contributed by atoms with Crippen LogP contribution in [-0.2, 0) is 18.6 Å². The molecule has 0 spiro atoms. The van der Waals surface area contributed by atoms with Crippen molar-refractivity contribution in [1.29, 1.82) is 0 Å². The fraction of sp³-hybridized carbons (Fsp3) is 1.00. The Labute approximate surface area is 158 Å². The van der Waals surface area contributed by atoms with Gasteiger partial charge in [0.2, 0.25) is 0 Å². The number of hydrogen-bond acceptors (Lipinski definition) is 4. The molecule has 0 aromatic carbocycles. The molecule has 142 valence electrons. The average Bonchev–Trinajstić information content (AvgIpc) is 3.09. The van der Waals surface area contributed by atoms with Crippen molar-refractivity contribution >= 4 is 14.0 Å².